The molecule has 2 heterocycles. The monoisotopic (exact) mass is 241 g/mol. The zero-order valence-corrected chi connectivity index (χ0v) is 9.75. The SMILES string of the molecule is Cc1occc1-c1noc(-c2ccc(N)cc2)n1. The molecule has 2 N–H and O–H groups in total. The first kappa shape index (κ1) is 10.6. The third-order valence-electron chi connectivity index (χ3n) is 2.68. The highest BCUT2D eigenvalue weighted by molar-refractivity contribution is 5.62. The van der Waals surface area contributed by atoms with Gasteiger partial charge in [0.1, 0.15) is 5.76 Å². The summed E-state index contributed by atoms with van der Waals surface area (Å²) in [5.74, 6) is 1.75. The van der Waals surface area contributed by atoms with Gasteiger partial charge in [-0.1, -0.05) is 5.16 Å². The first-order chi connectivity index (χ1) is 8.74. The molecular formula is C13H11N3O2. The molecule has 0 fully saturated rings. The Labute approximate surface area is 103 Å². The molecule has 90 valence electrons. The van der Waals surface area contributed by atoms with E-state index in [2.05, 4.69) is 10.1 Å². The number of hydrogen-bond donors (Lipinski definition) is 1. The highest BCUT2D eigenvalue weighted by atomic mass is 16.5. The van der Waals surface area contributed by atoms with Gasteiger partial charge in [-0.3, -0.25) is 0 Å². The van der Waals surface area contributed by atoms with Gasteiger partial charge < -0.3 is 14.7 Å². The maximum atomic E-state index is 5.63. The summed E-state index contributed by atoms with van der Waals surface area (Å²) in [5, 5.41) is 3.94. The fourth-order valence-electron chi connectivity index (χ4n) is 1.69. The van der Waals surface area contributed by atoms with Crippen LogP contribution in [-0.4, -0.2) is 10.1 Å². The lowest BCUT2D eigenvalue weighted by molar-refractivity contribution is 0.432. The van der Waals surface area contributed by atoms with E-state index in [0.29, 0.717) is 17.4 Å². The molecule has 2 aromatic heterocycles. The largest absolute Gasteiger partial charge is 0.469 e. The molecular weight excluding hydrogens is 230 g/mol. The van der Waals surface area contributed by atoms with Crippen LogP contribution >= 0.6 is 0 Å². The molecule has 3 rings (SSSR count). The second-order valence-corrected chi connectivity index (χ2v) is 3.94. The zero-order valence-electron chi connectivity index (χ0n) is 9.75. The Kier molecular flexibility index (Phi) is 2.37. The molecule has 5 nitrogen and oxygen atoms in total. The predicted octanol–water partition coefficient (Wildman–Crippen LogP) is 2.89. The molecule has 18 heavy (non-hydrogen) atoms. The van der Waals surface area contributed by atoms with Gasteiger partial charge in [-0.15, -0.1) is 0 Å². The minimum atomic E-state index is 0.464. The number of nitrogens with zero attached hydrogens (tertiary/aromatic N) is 2. The van der Waals surface area contributed by atoms with Gasteiger partial charge in [-0.25, -0.2) is 0 Å². The number of aromatic nitrogens is 2. The number of nitrogen functional groups attached to an aromatic ring is 1. The average Bonchev–Trinajstić information content (AvgIpc) is 2.98. The second kappa shape index (κ2) is 4.03. The molecule has 0 radical (unpaired) electrons. The number of furan rings is 1. The molecule has 0 atom stereocenters. The minimum Gasteiger partial charge on any atom is -0.469 e. The van der Waals surface area contributed by atoms with Crippen LogP contribution in [0.15, 0.2) is 45.5 Å². The molecule has 0 spiro atoms. The van der Waals surface area contributed by atoms with Crippen LogP contribution in [0.4, 0.5) is 5.69 Å². The Morgan fingerprint density at radius 3 is 2.56 bits per heavy atom. The Morgan fingerprint density at radius 2 is 1.89 bits per heavy atom. The topological polar surface area (TPSA) is 78.1 Å². The average molecular weight is 241 g/mol. The molecule has 0 bridgehead atoms. The second-order valence-electron chi connectivity index (χ2n) is 3.94. The van der Waals surface area contributed by atoms with Crippen molar-refractivity contribution in [2.45, 2.75) is 6.92 Å². The van der Waals surface area contributed by atoms with Gasteiger partial charge in [0.2, 0.25) is 5.82 Å². The number of rotatable bonds is 2. The summed E-state index contributed by atoms with van der Waals surface area (Å²) in [6.07, 6.45) is 1.60. The molecule has 3 aromatic rings. The highest BCUT2D eigenvalue weighted by Crippen LogP contribution is 2.25. The van der Waals surface area contributed by atoms with Gasteiger partial charge in [-0.2, -0.15) is 4.98 Å². The van der Waals surface area contributed by atoms with Crippen molar-refractivity contribution in [3.63, 3.8) is 0 Å². The van der Waals surface area contributed by atoms with Crippen LogP contribution in [0.5, 0.6) is 0 Å². The minimum absolute atomic E-state index is 0.464. The molecule has 0 saturated carbocycles. The predicted molar refractivity (Wildman–Crippen MR) is 66.6 cm³/mol. The van der Waals surface area contributed by atoms with E-state index >= 15 is 0 Å². The van der Waals surface area contributed by atoms with Crippen LogP contribution in [0, 0.1) is 6.92 Å². The van der Waals surface area contributed by atoms with Crippen molar-refractivity contribution >= 4 is 5.69 Å². The highest BCUT2D eigenvalue weighted by Gasteiger charge is 2.13. The van der Waals surface area contributed by atoms with E-state index < -0.39 is 0 Å². The standard InChI is InChI=1S/C13H11N3O2/c1-8-11(6-7-17-8)12-15-13(18-16-12)9-2-4-10(14)5-3-9/h2-7H,14H2,1H3. The van der Waals surface area contributed by atoms with Crippen LogP contribution in [-0.2, 0) is 0 Å². The van der Waals surface area contributed by atoms with Crippen molar-refractivity contribution in [2.24, 2.45) is 0 Å². The Bertz CT molecular complexity index is 668. The molecule has 0 aliphatic heterocycles. The van der Waals surface area contributed by atoms with Crippen molar-refractivity contribution in [1.29, 1.82) is 0 Å². The summed E-state index contributed by atoms with van der Waals surface area (Å²) in [7, 11) is 0. The van der Waals surface area contributed by atoms with Crippen molar-refractivity contribution < 1.29 is 8.94 Å². The number of hydrogen-bond acceptors (Lipinski definition) is 5. The lowest BCUT2D eigenvalue weighted by atomic mass is 10.2. The lowest BCUT2D eigenvalue weighted by Gasteiger charge is -1.94. The van der Waals surface area contributed by atoms with E-state index in [-0.39, 0.29) is 0 Å². The number of nitrogens with two attached hydrogens (primary N) is 1. The van der Waals surface area contributed by atoms with E-state index in [1.165, 1.54) is 0 Å². The maximum absolute atomic E-state index is 5.63. The van der Waals surface area contributed by atoms with Crippen molar-refractivity contribution in [1.82, 2.24) is 10.1 Å². The van der Waals surface area contributed by atoms with E-state index in [0.717, 1.165) is 16.9 Å². The molecule has 5 heteroatoms. The van der Waals surface area contributed by atoms with E-state index in [9.17, 15) is 0 Å². The third-order valence-corrected chi connectivity index (χ3v) is 2.68. The molecule has 0 saturated heterocycles. The summed E-state index contributed by atoms with van der Waals surface area (Å²) < 4.78 is 10.4. The molecule has 0 unspecified atom stereocenters. The summed E-state index contributed by atoms with van der Waals surface area (Å²) >= 11 is 0. The summed E-state index contributed by atoms with van der Waals surface area (Å²) in [5.41, 5.74) is 8.00. The smallest absolute Gasteiger partial charge is 0.258 e. The van der Waals surface area contributed by atoms with Crippen LogP contribution < -0.4 is 5.73 Å². The molecule has 0 amide bonds. The van der Waals surface area contributed by atoms with Gasteiger partial charge >= 0.3 is 0 Å². The summed E-state index contributed by atoms with van der Waals surface area (Å²) in [6.45, 7) is 1.86. The van der Waals surface area contributed by atoms with E-state index in [1.807, 2.05) is 25.1 Å². The molecule has 0 aliphatic rings. The zero-order chi connectivity index (χ0) is 12.5. The Hall–Kier alpha value is -2.56. The Balaban J connectivity index is 1.99. The van der Waals surface area contributed by atoms with Gasteiger partial charge in [0.15, 0.2) is 0 Å². The van der Waals surface area contributed by atoms with Gasteiger partial charge in [0.05, 0.1) is 11.8 Å². The van der Waals surface area contributed by atoms with Crippen molar-refractivity contribution in [2.75, 3.05) is 5.73 Å². The van der Waals surface area contributed by atoms with Gasteiger partial charge in [0.25, 0.3) is 5.89 Å². The number of benzene rings is 1. The fourth-order valence-corrected chi connectivity index (χ4v) is 1.69. The van der Waals surface area contributed by atoms with Crippen LogP contribution in [0.2, 0.25) is 0 Å². The van der Waals surface area contributed by atoms with E-state index in [4.69, 9.17) is 14.7 Å². The Morgan fingerprint density at radius 1 is 1.11 bits per heavy atom. The number of anilines is 1. The lowest BCUT2D eigenvalue weighted by Crippen LogP contribution is -1.84. The molecule has 0 aliphatic carbocycles. The van der Waals surface area contributed by atoms with E-state index in [1.54, 1.807) is 18.4 Å². The normalized spacial score (nSPS) is 10.7. The summed E-state index contributed by atoms with van der Waals surface area (Å²) in [4.78, 5) is 4.33. The fraction of sp³-hybridized carbons (Fsp3) is 0.0769. The third kappa shape index (κ3) is 1.75. The van der Waals surface area contributed by atoms with Crippen LogP contribution in [0.3, 0.4) is 0 Å². The number of aryl methyl sites for hydroxylation is 1. The summed E-state index contributed by atoms with van der Waals surface area (Å²) in [6, 6.07) is 9.08. The van der Waals surface area contributed by atoms with Gasteiger partial charge in [0, 0.05) is 11.3 Å². The molecule has 1 aromatic carbocycles. The maximum Gasteiger partial charge on any atom is 0.258 e. The van der Waals surface area contributed by atoms with Gasteiger partial charge in [-0.05, 0) is 37.3 Å². The first-order valence-corrected chi connectivity index (χ1v) is 5.48. The van der Waals surface area contributed by atoms with Crippen LogP contribution in [0.1, 0.15) is 5.76 Å². The quantitative estimate of drug-likeness (QED) is 0.698. The van der Waals surface area contributed by atoms with Crippen LogP contribution in [0.25, 0.3) is 22.8 Å². The van der Waals surface area contributed by atoms with Crippen molar-refractivity contribution in [3.05, 3.63) is 42.4 Å². The first-order valence-electron chi connectivity index (χ1n) is 5.48. The van der Waals surface area contributed by atoms with Crippen molar-refractivity contribution in [3.8, 4) is 22.8 Å².